The Balaban J connectivity index is 1.36. The summed E-state index contributed by atoms with van der Waals surface area (Å²) in [7, 11) is -1.13. The van der Waals surface area contributed by atoms with E-state index in [0.29, 0.717) is 49.0 Å². The van der Waals surface area contributed by atoms with Crippen molar-refractivity contribution in [2.75, 3.05) is 6.54 Å². The first-order chi connectivity index (χ1) is 23.8. The number of fused-ring (bicyclic) bond motifs is 4. The van der Waals surface area contributed by atoms with E-state index in [1.807, 2.05) is 49.4 Å². The van der Waals surface area contributed by atoms with Gasteiger partial charge in [0.1, 0.15) is 12.1 Å². The highest BCUT2D eigenvalue weighted by molar-refractivity contribution is 6.55. The number of benzene rings is 1. The number of nitrogens with one attached hydrogen (secondary N) is 3. The van der Waals surface area contributed by atoms with Crippen molar-refractivity contribution in [2.45, 2.75) is 128 Å². The van der Waals surface area contributed by atoms with Gasteiger partial charge >= 0.3 is 5.97 Å². The second kappa shape index (κ2) is 14.9. The number of amides is 3. The number of cyclic esters (lactones) is 1. The number of pyridine rings is 1. The molecule has 1 aromatic carbocycles. The molecule has 3 heterocycles. The van der Waals surface area contributed by atoms with Gasteiger partial charge in [-0.15, -0.1) is 0 Å². The van der Waals surface area contributed by atoms with E-state index in [1.54, 1.807) is 6.92 Å². The molecule has 1 spiro atoms. The SMILES string of the molecule is CC(C)[Si](OC1CCC2(/C=C/c3ccc4ccc(nc4c3)[C@@H](C)NC(=O)[C@@H]3CCCN(N3)C(=O)[C@H](C)NC(=O)[C@H](C3CC3)OC2=O)C1)C(C)C. The number of carbonyl (C=O) groups excluding carboxylic acids is 4. The Kier molecular flexibility index (Phi) is 10.8. The minimum atomic E-state index is -1.13. The molecule has 4 aliphatic rings. The van der Waals surface area contributed by atoms with Gasteiger partial charge in [-0.05, 0) is 87.6 Å². The Morgan fingerprint density at radius 3 is 2.38 bits per heavy atom. The molecule has 6 atom stereocenters. The van der Waals surface area contributed by atoms with Crippen molar-refractivity contribution >= 4 is 49.7 Å². The third-order valence-corrected chi connectivity index (χ3v) is 13.4. The first kappa shape index (κ1) is 36.2. The molecule has 12 heteroatoms. The highest BCUT2D eigenvalue weighted by Crippen LogP contribution is 2.45. The van der Waals surface area contributed by atoms with E-state index in [9.17, 15) is 19.2 Å². The molecular formula is C38H52N5O6Si. The number of hydrogen-bond acceptors (Lipinski definition) is 8. The first-order valence-electron chi connectivity index (χ1n) is 18.4. The summed E-state index contributed by atoms with van der Waals surface area (Å²) in [6.45, 7) is 12.7. The fourth-order valence-corrected chi connectivity index (χ4v) is 9.99. The molecule has 1 radical (unpaired) electrons. The zero-order valence-electron chi connectivity index (χ0n) is 30.2. The molecular weight excluding hydrogens is 651 g/mol. The maximum Gasteiger partial charge on any atom is 0.316 e. The summed E-state index contributed by atoms with van der Waals surface area (Å²) in [4.78, 5) is 59.9. The van der Waals surface area contributed by atoms with Crippen LogP contribution in [-0.4, -0.2) is 73.6 Å². The first-order valence-corrected chi connectivity index (χ1v) is 19.9. The van der Waals surface area contributed by atoms with Gasteiger partial charge in [0.2, 0.25) is 14.9 Å². The number of hydrogen-bond donors (Lipinski definition) is 3. The molecule has 3 fully saturated rings. The lowest BCUT2D eigenvalue weighted by molar-refractivity contribution is -0.165. The lowest BCUT2D eigenvalue weighted by Crippen LogP contribution is -2.61. The van der Waals surface area contributed by atoms with E-state index < -0.39 is 44.5 Å². The van der Waals surface area contributed by atoms with E-state index in [1.165, 1.54) is 5.01 Å². The van der Waals surface area contributed by atoms with Gasteiger partial charge in [0.15, 0.2) is 6.10 Å². The Morgan fingerprint density at radius 2 is 1.66 bits per heavy atom. The van der Waals surface area contributed by atoms with Crippen molar-refractivity contribution in [3.8, 4) is 0 Å². The number of carbonyl (C=O) groups is 4. The molecule has 5 bridgehead atoms. The van der Waals surface area contributed by atoms with Gasteiger partial charge in [0, 0.05) is 24.0 Å². The van der Waals surface area contributed by atoms with E-state index >= 15 is 0 Å². The van der Waals surface area contributed by atoms with Gasteiger partial charge in [-0.25, -0.2) is 5.43 Å². The maximum atomic E-state index is 14.4. The smallest absolute Gasteiger partial charge is 0.316 e. The van der Waals surface area contributed by atoms with Crippen LogP contribution < -0.4 is 16.1 Å². The van der Waals surface area contributed by atoms with E-state index in [4.69, 9.17) is 14.1 Å². The van der Waals surface area contributed by atoms with Crippen LogP contribution in [0.1, 0.15) is 104 Å². The van der Waals surface area contributed by atoms with Gasteiger partial charge in [0.05, 0.1) is 22.7 Å². The van der Waals surface area contributed by atoms with Crippen LogP contribution in [-0.2, 0) is 28.3 Å². The molecule has 269 valence electrons. The molecule has 2 aliphatic heterocycles. The van der Waals surface area contributed by atoms with E-state index in [2.05, 4.69) is 43.8 Å². The summed E-state index contributed by atoms with van der Waals surface area (Å²) in [5.41, 5.74) is 5.31. The highest BCUT2D eigenvalue weighted by Gasteiger charge is 2.49. The van der Waals surface area contributed by atoms with Crippen LogP contribution in [0.3, 0.4) is 0 Å². The Hall–Kier alpha value is -3.61. The summed E-state index contributed by atoms with van der Waals surface area (Å²) in [6.07, 6.45) is 7.27. The average Bonchev–Trinajstić information content (AvgIpc) is 3.85. The number of rotatable bonds is 5. The fraction of sp³-hybridized carbons (Fsp3) is 0.605. The highest BCUT2D eigenvalue weighted by atomic mass is 28.3. The number of aromatic nitrogens is 1. The largest absolute Gasteiger partial charge is 0.451 e. The van der Waals surface area contributed by atoms with Crippen LogP contribution in [0, 0.1) is 11.3 Å². The molecule has 1 saturated heterocycles. The van der Waals surface area contributed by atoms with E-state index in [-0.39, 0.29) is 29.9 Å². The zero-order valence-corrected chi connectivity index (χ0v) is 31.2. The maximum absolute atomic E-state index is 14.4. The van der Waals surface area contributed by atoms with Crippen molar-refractivity contribution in [1.29, 1.82) is 0 Å². The summed E-state index contributed by atoms with van der Waals surface area (Å²) < 4.78 is 12.9. The van der Waals surface area contributed by atoms with Crippen LogP contribution in [0.4, 0.5) is 0 Å². The van der Waals surface area contributed by atoms with Crippen molar-refractivity contribution in [2.24, 2.45) is 11.3 Å². The predicted octanol–water partition coefficient (Wildman–Crippen LogP) is 5.13. The molecule has 3 N–H and O–H groups in total. The Morgan fingerprint density at radius 1 is 0.940 bits per heavy atom. The van der Waals surface area contributed by atoms with Crippen molar-refractivity contribution in [3.05, 3.63) is 47.7 Å². The molecule has 11 nitrogen and oxygen atoms in total. The standard InChI is InChI=1S/C38H52N5O6Si/c1-22(2)50(23(3)4)49-29-16-18-38(21-29)17-15-26-9-10-27-13-14-30(41-32(27)20-26)24(5)39-34(44)31-8-7-19-43(42-31)36(46)25(6)40-35(45)33(28-11-12-28)48-37(38)47/h9-10,13-15,17,20,22-25,28-29,31,33,42H,7-8,11-12,16,18-19,21H2,1-6H3,(H,39,44)(H,40,45)/b17-15+/t24-,25+,29?,31+,33+,38?/m1/s1. The van der Waals surface area contributed by atoms with Crippen molar-refractivity contribution in [3.63, 3.8) is 0 Å². The number of nitrogens with zero attached hydrogens (tertiary/aromatic N) is 2. The molecule has 2 aromatic rings. The van der Waals surface area contributed by atoms with Crippen LogP contribution in [0.5, 0.6) is 0 Å². The third-order valence-electron chi connectivity index (χ3n) is 10.5. The molecule has 3 amide bonds. The summed E-state index contributed by atoms with van der Waals surface area (Å²) >= 11 is 0. The van der Waals surface area contributed by atoms with E-state index in [0.717, 1.165) is 35.7 Å². The topological polar surface area (TPSA) is 139 Å². The second-order valence-corrected chi connectivity index (χ2v) is 18.7. The van der Waals surface area contributed by atoms with Crippen LogP contribution in [0.15, 0.2) is 36.4 Å². The average molecular weight is 703 g/mol. The van der Waals surface area contributed by atoms with Gasteiger partial charge in [0.25, 0.3) is 11.8 Å². The number of hydrazine groups is 1. The fourth-order valence-electron chi connectivity index (χ4n) is 7.52. The predicted molar refractivity (Wildman–Crippen MR) is 193 cm³/mol. The zero-order chi connectivity index (χ0) is 35.7. The minimum absolute atomic E-state index is 0.0930. The molecule has 50 heavy (non-hydrogen) atoms. The second-order valence-electron chi connectivity index (χ2n) is 15.3. The third kappa shape index (κ3) is 7.97. The lowest BCUT2D eigenvalue weighted by atomic mass is 9.85. The monoisotopic (exact) mass is 702 g/mol. The van der Waals surface area contributed by atoms with Crippen LogP contribution in [0.2, 0.25) is 11.1 Å². The minimum Gasteiger partial charge on any atom is -0.451 e. The quantitative estimate of drug-likeness (QED) is 0.288. The summed E-state index contributed by atoms with van der Waals surface area (Å²) in [6, 6.07) is 8.02. The Labute approximate surface area is 297 Å². The molecule has 2 unspecified atom stereocenters. The van der Waals surface area contributed by atoms with Crippen LogP contribution >= 0.6 is 0 Å². The summed E-state index contributed by atoms with van der Waals surface area (Å²) in [5, 5.41) is 8.26. The molecule has 1 aromatic heterocycles. The van der Waals surface area contributed by atoms with Gasteiger partial charge in [-0.3, -0.25) is 29.2 Å². The summed E-state index contributed by atoms with van der Waals surface area (Å²) in [5.74, 6) is -1.59. The van der Waals surface area contributed by atoms with Crippen molar-refractivity contribution in [1.82, 2.24) is 26.1 Å². The molecule has 2 aliphatic carbocycles. The van der Waals surface area contributed by atoms with Gasteiger partial charge in [-0.2, -0.15) is 0 Å². The number of esters is 1. The van der Waals surface area contributed by atoms with Gasteiger partial charge in [-0.1, -0.05) is 58.0 Å². The van der Waals surface area contributed by atoms with Crippen molar-refractivity contribution < 1.29 is 28.3 Å². The Bertz CT molecular complexity index is 1640. The molecule has 6 rings (SSSR count). The number of ether oxygens (including phenoxy) is 1. The molecule has 2 saturated carbocycles. The van der Waals surface area contributed by atoms with Gasteiger partial charge < -0.3 is 19.8 Å². The lowest BCUT2D eigenvalue weighted by Gasteiger charge is -2.35. The normalized spacial score (nSPS) is 30.7. The van der Waals surface area contributed by atoms with Crippen LogP contribution in [0.25, 0.3) is 17.0 Å².